The molecule has 2 amide bonds. The number of pyridine rings is 2. The van der Waals surface area contributed by atoms with Crippen molar-refractivity contribution in [2.75, 3.05) is 31.6 Å². The molecule has 3 atom stereocenters. The van der Waals surface area contributed by atoms with E-state index in [1.165, 1.54) is 19.2 Å². The van der Waals surface area contributed by atoms with Crippen LogP contribution in [0.4, 0.5) is 14.5 Å². The summed E-state index contributed by atoms with van der Waals surface area (Å²) in [5.74, 6) is -1.05. The molecule has 6 rings (SSSR count). The number of nitrogens with one attached hydrogen (secondary N) is 2. The number of hydrogen-bond donors (Lipinski definition) is 2. The van der Waals surface area contributed by atoms with E-state index in [0.29, 0.717) is 31.6 Å². The van der Waals surface area contributed by atoms with Crippen LogP contribution < -0.4 is 15.0 Å². The van der Waals surface area contributed by atoms with E-state index in [-0.39, 0.29) is 41.4 Å². The number of piperidine rings is 1. The van der Waals surface area contributed by atoms with Crippen molar-refractivity contribution in [3.05, 3.63) is 53.9 Å². The summed E-state index contributed by atoms with van der Waals surface area (Å²) < 4.78 is 34.3. The number of carbonyl (C=O) groups excluding carboxylic acids is 2. The van der Waals surface area contributed by atoms with Gasteiger partial charge in [0.05, 0.1) is 43.5 Å². The second kappa shape index (κ2) is 10.1. The molecule has 1 aliphatic carbocycles. The Morgan fingerprint density at radius 1 is 1.18 bits per heavy atom. The lowest BCUT2D eigenvalue weighted by molar-refractivity contribution is -0.128. The molecule has 3 fully saturated rings. The maximum absolute atomic E-state index is 14.9. The number of methoxy groups -OCH3 is 1. The number of ether oxygens (including phenoxy) is 1. The van der Waals surface area contributed by atoms with Gasteiger partial charge in [-0.1, -0.05) is 0 Å². The van der Waals surface area contributed by atoms with Gasteiger partial charge in [0.15, 0.2) is 11.5 Å². The van der Waals surface area contributed by atoms with Crippen LogP contribution in [0, 0.1) is 18.7 Å². The fraction of sp³-hybridized carbons (Fsp3) is 0.464. The number of H-pyrrole nitrogens is 1. The largest absolute Gasteiger partial charge is 0.481 e. The van der Waals surface area contributed by atoms with Crippen LogP contribution in [0.15, 0.2) is 36.7 Å². The number of aromatic nitrogens is 4. The molecule has 3 aromatic heterocycles. The molecule has 5 heterocycles. The minimum absolute atomic E-state index is 0.168. The van der Waals surface area contributed by atoms with Gasteiger partial charge in [0.2, 0.25) is 11.8 Å². The molecule has 1 saturated carbocycles. The maximum atomic E-state index is 14.9. The fourth-order valence-electron chi connectivity index (χ4n) is 5.86. The highest BCUT2D eigenvalue weighted by Crippen LogP contribution is 2.50. The summed E-state index contributed by atoms with van der Waals surface area (Å²) in [6, 6.07) is 6.16. The van der Waals surface area contributed by atoms with Gasteiger partial charge in [0.1, 0.15) is 6.17 Å². The van der Waals surface area contributed by atoms with Crippen molar-refractivity contribution >= 4 is 17.5 Å². The van der Waals surface area contributed by atoms with E-state index in [1.54, 1.807) is 11.1 Å². The zero-order valence-corrected chi connectivity index (χ0v) is 22.4. The molecule has 0 bridgehead atoms. The summed E-state index contributed by atoms with van der Waals surface area (Å²) in [5, 5.41) is 9.83. The van der Waals surface area contributed by atoms with Crippen molar-refractivity contribution in [1.82, 2.24) is 30.4 Å². The summed E-state index contributed by atoms with van der Waals surface area (Å²) in [6.45, 7) is 2.87. The molecule has 2 aliphatic heterocycles. The third kappa shape index (κ3) is 4.86. The summed E-state index contributed by atoms with van der Waals surface area (Å²) in [4.78, 5) is 38.5. The lowest BCUT2D eigenvalue weighted by Crippen LogP contribution is -2.52. The zero-order chi connectivity index (χ0) is 28.0. The SMILES string of the molecule is COc1cc(-c2cc(C(=O)N3CC[C@H](C(=O)N[C@@H]4CN(c5ccc(C)nc5)C[C@H]4F)CC34CC4)n[nH]2)c(F)cn1. The standard InChI is InChI=1S/C28H31F2N7O3/c1-16-3-4-18(12-31-16)36-14-21(30)24(15-36)33-26(38)17-5-8-37(28(11-17)6-7-28)27(39)23-10-22(34-35-23)19-9-25(40-2)32-13-20(19)29/h3-4,9-10,12-13,17,21,24H,5-8,11,14-15H2,1-2H3,(H,33,38)(H,34,35)/t17-,21+,24+/m0/s1. The highest BCUT2D eigenvalue weighted by Gasteiger charge is 2.55. The molecule has 1 spiro atoms. The number of rotatable bonds is 6. The van der Waals surface area contributed by atoms with Crippen molar-refractivity contribution in [1.29, 1.82) is 0 Å². The first-order valence-corrected chi connectivity index (χ1v) is 13.5. The van der Waals surface area contributed by atoms with Gasteiger partial charge in [-0.15, -0.1) is 0 Å². The molecule has 0 aromatic carbocycles. The van der Waals surface area contributed by atoms with Crippen molar-refractivity contribution < 1.29 is 23.1 Å². The zero-order valence-electron chi connectivity index (χ0n) is 22.4. The summed E-state index contributed by atoms with van der Waals surface area (Å²) in [6.07, 6.45) is 4.18. The van der Waals surface area contributed by atoms with Crippen LogP contribution in [0.5, 0.6) is 5.88 Å². The van der Waals surface area contributed by atoms with Crippen LogP contribution in [-0.2, 0) is 4.79 Å². The van der Waals surface area contributed by atoms with Gasteiger partial charge < -0.3 is 19.9 Å². The van der Waals surface area contributed by atoms with Crippen molar-refractivity contribution in [2.24, 2.45) is 5.92 Å². The van der Waals surface area contributed by atoms with Gasteiger partial charge >= 0.3 is 0 Å². The average Bonchev–Trinajstić information content (AvgIpc) is 3.36. The Labute approximate surface area is 230 Å². The molecule has 12 heteroatoms. The number of amides is 2. The Balaban J connectivity index is 1.09. The van der Waals surface area contributed by atoms with Gasteiger partial charge in [-0.05, 0) is 50.8 Å². The number of aryl methyl sites for hydroxylation is 1. The lowest BCUT2D eigenvalue weighted by atomic mass is 9.87. The van der Waals surface area contributed by atoms with E-state index in [9.17, 15) is 18.4 Å². The Bertz CT molecular complexity index is 1430. The van der Waals surface area contributed by atoms with Gasteiger partial charge in [-0.3, -0.25) is 19.7 Å². The third-order valence-electron chi connectivity index (χ3n) is 8.31. The first-order chi connectivity index (χ1) is 19.3. The molecular weight excluding hydrogens is 520 g/mol. The van der Waals surface area contributed by atoms with Crippen LogP contribution in [0.25, 0.3) is 11.3 Å². The number of alkyl halides is 1. The van der Waals surface area contributed by atoms with Crippen molar-refractivity contribution in [3.8, 4) is 17.1 Å². The van der Waals surface area contributed by atoms with Crippen LogP contribution >= 0.6 is 0 Å². The number of anilines is 1. The Hall–Kier alpha value is -4.09. The summed E-state index contributed by atoms with van der Waals surface area (Å²) in [5.41, 5.74) is 2.03. The lowest BCUT2D eigenvalue weighted by Gasteiger charge is -2.39. The first kappa shape index (κ1) is 26.1. The second-order valence-corrected chi connectivity index (χ2v) is 10.9. The highest BCUT2D eigenvalue weighted by molar-refractivity contribution is 5.94. The van der Waals surface area contributed by atoms with Gasteiger partial charge in [0, 0.05) is 41.9 Å². The van der Waals surface area contributed by atoms with E-state index in [1.807, 2.05) is 24.0 Å². The topological polar surface area (TPSA) is 116 Å². The van der Waals surface area contributed by atoms with E-state index in [0.717, 1.165) is 30.4 Å². The molecule has 3 aliphatic rings. The smallest absolute Gasteiger partial charge is 0.274 e. The molecule has 10 nitrogen and oxygen atoms in total. The Morgan fingerprint density at radius 3 is 2.73 bits per heavy atom. The molecule has 40 heavy (non-hydrogen) atoms. The van der Waals surface area contributed by atoms with E-state index >= 15 is 0 Å². The van der Waals surface area contributed by atoms with Crippen LogP contribution in [-0.4, -0.2) is 81.4 Å². The predicted octanol–water partition coefficient (Wildman–Crippen LogP) is 3.05. The van der Waals surface area contributed by atoms with Gasteiger partial charge in [-0.25, -0.2) is 13.8 Å². The Morgan fingerprint density at radius 2 is 2.00 bits per heavy atom. The number of likely N-dealkylation sites (tertiary alicyclic amines) is 1. The second-order valence-electron chi connectivity index (χ2n) is 10.9. The molecule has 0 unspecified atom stereocenters. The van der Waals surface area contributed by atoms with Crippen molar-refractivity contribution in [2.45, 2.75) is 50.4 Å². The van der Waals surface area contributed by atoms with Crippen molar-refractivity contribution in [3.63, 3.8) is 0 Å². The minimum Gasteiger partial charge on any atom is -0.481 e. The first-order valence-electron chi connectivity index (χ1n) is 13.5. The normalized spacial score (nSPS) is 23.4. The predicted molar refractivity (Wildman–Crippen MR) is 142 cm³/mol. The third-order valence-corrected chi connectivity index (χ3v) is 8.31. The molecular formula is C28H31F2N7O3. The number of nitrogens with zero attached hydrogens (tertiary/aromatic N) is 5. The molecule has 0 radical (unpaired) electrons. The fourth-order valence-corrected chi connectivity index (χ4v) is 5.86. The van der Waals surface area contributed by atoms with Crippen LogP contribution in [0.2, 0.25) is 0 Å². The Kier molecular flexibility index (Phi) is 6.63. The highest BCUT2D eigenvalue weighted by atomic mass is 19.1. The molecule has 210 valence electrons. The van der Waals surface area contributed by atoms with E-state index in [2.05, 4.69) is 25.5 Å². The maximum Gasteiger partial charge on any atom is 0.274 e. The van der Waals surface area contributed by atoms with E-state index in [4.69, 9.17) is 4.74 Å². The monoisotopic (exact) mass is 551 g/mol. The minimum atomic E-state index is -1.18. The quantitative estimate of drug-likeness (QED) is 0.484. The number of aromatic amines is 1. The van der Waals surface area contributed by atoms with Crippen LogP contribution in [0.3, 0.4) is 0 Å². The summed E-state index contributed by atoms with van der Waals surface area (Å²) >= 11 is 0. The number of hydrogen-bond acceptors (Lipinski definition) is 7. The number of carbonyl (C=O) groups is 2. The average molecular weight is 552 g/mol. The van der Waals surface area contributed by atoms with Crippen LogP contribution in [0.1, 0.15) is 41.9 Å². The number of halogens is 2. The van der Waals surface area contributed by atoms with Gasteiger partial charge in [-0.2, -0.15) is 5.10 Å². The van der Waals surface area contributed by atoms with Gasteiger partial charge in [0.25, 0.3) is 5.91 Å². The summed E-state index contributed by atoms with van der Waals surface area (Å²) in [7, 11) is 1.44. The van der Waals surface area contributed by atoms with E-state index < -0.39 is 23.6 Å². The molecule has 2 saturated heterocycles. The molecule has 2 N–H and O–H groups in total. The molecule has 3 aromatic rings.